The first-order chi connectivity index (χ1) is 13.3. The van der Waals surface area contributed by atoms with Crippen molar-refractivity contribution >= 4 is 27.1 Å². The Morgan fingerprint density at radius 3 is 2.78 bits per heavy atom. The molecule has 0 saturated carbocycles. The van der Waals surface area contributed by atoms with E-state index in [1.54, 1.807) is 11.3 Å². The zero-order chi connectivity index (χ0) is 17.8. The number of fused-ring (bicyclic) bond motifs is 3. The normalized spacial score (nSPS) is 12.9. The van der Waals surface area contributed by atoms with Gasteiger partial charge in [-0.25, -0.2) is 9.50 Å². The Labute approximate surface area is 158 Å². The van der Waals surface area contributed by atoms with Gasteiger partial charge in [-0.3, -0.25) is 0 Å². The monoisotopic (exact) mass is 371 g/mol. The number of hydrogen-bond donors (Lipinski definition) is 0. The molecule has 5 nitrogen and oxygen atoms in total. The van der Waals surface area contributed by atoms with Gasteiger partial charge >= 0.3 is 0 Å². The Morgan fingerprint density at radius 2 is 1.81 bits per heavy atom. The predicted octanol–water partition coefficient (Wildman–Crippen LogP) is 5.01. The van der Waals surface area contributed by atoms with Gasteiger partial charge in [0.2, 0.25) is 11.8 Å². The molecule has 2 aromatic heterocycles. The topological polar surface area (TPSA) is 48.7 Å². The van der Waals surface area contributed by atoms with Crippen LogP contribution in [-0.4, -0.2) is 21.4 Å². The third-order valence-electron chi connectivity index (χ3n) is 4.73. The molecule has 0 radical (unpaired) electrons. The fourth-order valence-electron chi connectivity index (χ4n) is 3.42. The molecule has 0 fully saturated rings. The second-order valence-corrected chi connectivity index (χ2v) is 7.31. The van der Waals surface area contributed by atoms with Crippen LogP contribution >= 0.6 is 11.3 Å². The minimum absolute atomic E-state index is 0.272. The van der Waals surface area contributed by atoms with Gasteiger partial charge in [-0.1, -0.05) is 53.8 Å². The van der Waals surface area contributed by atoms with Crippen molar-refractivity contribution in [2.45, 2.75) is 0 Å². The highest BCUT2D eigenvalue weighted by Gasteiger charge is 2.17. The van der Waals surface area contributed by atoms with Crippen molar-refractivity contribution in [2.75, 3.05) is 6.79 Å². The van der Waals surface area contributed by atoms with Crippen LogP contribution in [0.2, 0.25) is 0 Å². The summed E-state index contributed by atoms with van der Waals surface area (Å²) in [7, 11) is 0. The SMILES string of the molecule is c1ccc2c(-c3cn4nc(-c5ccc6c(c5)OCO6)sc4n3)cccc2c1. The fraction of sp³-hybridized carbons (Fsp3) is 0.0476. The quantitative estimate of drug-likeness (QED) is 0.438. The highest BCUT2D eigenvalue weighted by molar-refractivity contribution is 7.19. The Morgan fingerprint density at radius 1 is 0.926 bits per heavy atom. The first-order valence-electron chi connectivity index (χ1n) is 8.59. The van der Waals surface area contributed by atoms with E-state index in [0.29, 0.717) is 0 Å². The number of benzene rings is 3. The van der Waals surface area contributed by atoms with Gasteiger partial charge in [0, 0.05) is 11.1 Å². The van der Waals surface area contributed by atoms with Crippen molar-refractivity contribution in [3.8, 4) is 33.3 Å². The Hall–Kier alpha value is -3.38. The number of hydrogen-bond acceptors (Lipinski definition) is 5. The van der Waals surface area contributed by atoms with Gasteiger partial charge in [0.25, 0.3) is 0 Å². The van der Waals surface area contributed by atoms with Crippen LogP contribution in [0.4, 0.5) is 0 Å². The van der Waals surface area contributed by atoms with Crippen molar-refractivity contribution in [3.05, 3.63) is 66.9 Å². The molecule has 5 aromatic rings. The molecule has 0 unspecified atom stereocenters. The molecule has 0 bridgehead atoms. The molecule has 6 heteroatoms. The van der Waals surface area contributed by atoms with Gasteiger partial charge in [-0.05, 0) is 29.0 Å². The molecule has 1 aliphatic heterocycles. The van der Waals surface area contributed by atoms with Gasteiger partial charge in [0.1, 0.15) is 5.01 Å². The van der Waals surface area contributed by atoms with Crippen molar-refractivity contribution in [1.82, 2.24) is 14.6 Å². The van der Waals surface area contributed by atoms with Gasteiger partial charge in [0.05, 0.1) is 11.9 Å². The molecule has 1 aliphatic rings. The zero-order valence-corrected chi connectivity index (χ0v) is 14.9. The van der Waals surface area contributed by atoms with Crippen LogP contribution in [0.1, 0.15) is 0 Å². The summed E-state index contributed by atoms with van der Waals surface area (Å²) in [6.07, 6.45) is 1.99. The second-order valence-electron chi connectivity index (χ2n) is 6.36. The molecule has 0 N–H and O–H groups in total. The maximum absolute atomic E-state index is 5.47. The minimum atomic E-state index is 0.272. The number of ether oxygens (including phenoxy) is 2. The highest BCUT2D eigenvalue weighted by Crippen LogP contribution is 2.37. The molecule has 0 spiro atoms. The molecular formula is C21H13N3O2S. The molecule has 3 aromatic carbocycles. The van der Waals surface area contributed by atoms with Gasteiger partial charge in [-0.15, -0.1) is 0 Å². The van der Waals surface area contributed by atoms with Crippen molar-refractivity contribution in [3.63, 3.8) is 0 Å². The van der Waals surface area contributed by atoms with Crippen LogP contribution in [0.5, 0.6) is 11.5 Å². The molecule has 6 rings (SSSR count). The number of nitrogens with zero attached hydrogens (tertiary/aromatic N) is 3. The van der Waals surface area contributed by atoms with E-state index in [0.717, 1.165) is 38.3 Å². The van der Waals surface area contributed by atoms with Gasteiger partial charge in [-0.2, -0.15) is 5.10 Å². The summed E-state index contributed by atoms with van der Waals surface area (Å²) in [4.78, 5) is 5.68. The molecule has 3 heterocycles. The Kier molecular flexibility index (Phi) is 3.04. The lowest BCUT2D eigenvalue weighted by atomic mass is 10.0. The average Bonchev–Trinajstić information content (AvgIpc) is 3.41. The smallest absolute Gasteiger partial charge is 0.231 e. The number of imidazole rings is 1. The molecule has 0 amide bonds. The predicted molar refractivity (Wildman–Crippen MR) is 105 cm³/mol. The van der Waals surface area contributed by atoms with Crippen LogP contribution in [0.3, 0.4) is 0 Å². The van der Waals surface area contributed by atoms with E-state index in [2.05, 4.69) is 42.5 Å². The summed E-state index contributed by atoms with van der Waals surface area (Å²) >= 11 is 1.56. The molecule has 0 atom stereocenters. The maximum Gasteiger partial charge on any atom is 0.231 e. The minimum Gasteiger partial charge on any atom is -0.454 e. The van der Waals surface area contributed by atoms with E-state index < -0.39 is 0 Å². The number of rotatable bonds is 2. The molecular weight excluding hydrogens is 358 g/mol. The zero-order valence-electron chi connectivity index (χ0n) is 14.1. The largest absolute Gasteiger partial charge is 0.454 e. The lowest BCUT2D eigenvalue weighted by molar-refractivity contribution is 0.174. The first kappa shape index (κ1) is 14.8. The Bertz CT molecular complexity index is 1290. The maximum atomic E-state index is 5.47. The van der Waals surface area contributed by atoms with E-state index in [1.165, 1.54) is 10.8 Å². The van der Waals surface area contributed by atoms with Crippen LogP contribution < -0.4 is 9.47 Å². The van der Waals surface area contributed by atoms with Gasteiger partial charge < -0.3 is 9.47 Å². The van der Waals surface area contributed by atoms with E-state index in [9.17, 15) is 0 Å². The van der Waals surface area contributed by atoms with Crippen LogP contribution in [0, 0.1) is 0 Å². The molecule has 0 saturated heterocycles. The summed E-state index contributed by atoms with van der Waals surface area (Å²) in [5.41, 5.74) is 3.06. The van der Waals surface area contributed by atoms with E-state index in [-0.39, 0.29) is 6.79 Å². The van der Waals surface area contributed by atoms with E-state index >= 15 is 0 Å². The second kappa shape index (κ2) is 5.56. The van der Waals surface area contributed by atoms with Crippen molar-refractivity contribution in [1.29, 1.82) is 0 Å². The van der Waals surface area contributed by atoms with Crippen LogP contribution in [-0.2, 0) is 0 Å². The summed E-state index contributed by atoms with van der Waals surface area (Å²) in [5, 5.41) is 8.02. The van der Waals surface area contributed by atoms with Crippen LogP contribution in [0.15, 0.2) is 66.9 Å². The first-order valence-corrected chi connectivity index (χ1v) is 9.41. The molecule has 27 heavy (non-hydrogen) atoms. The summed E-state index contributed by atoms with van der Waals surface area (Å²) in [6, 6.07) is 20.5. The number of aromatic nitrogens is 3. The van der Waals surface area contributed by atoms with Crippen LogP contribution in [0.25, 0.3) is 37.6 Å². The summed E-state index contributed by atoms with van der Waals surface area (Å²) in [6.45, 7) is 0.272. The standard InChI is InChI=1S/C21H13N3O2S/c1-2-6-15-13(4-1)5-3-7-16(15)17-11-24-21(22-17)27-20(23-24)14-8-9-18-19(10-14)26-12-25-18/h1-11H,12H2. The fourth-order valence-corrected chi connectivity index (χ4v) is 4.30. The van der Waals surface area contributed by atoms with Crippen molar-refractivity contribution < 1.29 is 9.47 Å². The molecule has 0 aliphatic carbocycles. The Balaban J connectivity index is 1.44. The third-order valence-corrected chi connectivity index (χ3v) is 5.70. The third kappa shape index (κ3) is 2.30. The van der Waals surface area contributed by atoms with E-state index in [1.807, 2.05) is 28.9 Å². The summed E-state index contributed by atoms with van der Waals surface area (Å²) in [5.74, 6) is 1.54. The van der Waals surface area contributed by atoms with Crippen molar-refractivity contribution in [2.24, 2.45) is 0 Å². The van der Waals surface area contributed by atoms with Gasteiger partial charge in [0.15, 0.2) is 11.5 Å². The lowest BCUT2D eigenvalue weighted by Crippen LogP contribution is -1.92. The molecule has 130 valence electrons. The lowest BCUT2D eigenvalue weighted by Gasteiger charge is -2.03. The van der Waals surface area contributed by atoms with E-state index in [4.69, 9.17) is 19.6 Å². The average molecular weight is 371 g/mol. The highest BCUT2D eigenvalue weighted by atomic mass is 32.1. The summed E-state index contributed by atoms with van der Waals surface area (Å²) < 4.78 is 12.7.